The molecule has 0 aliphatic heterocycles. The Balaban J connectivity index is 3.88. The molecular formula is C11H24O2Si. The normalized spacial score (nSPS) is 11.6. The van der Waals surface area contributed by atoms with Gasteiger partial charge in [0.2, 0.25) is 10.5 Å². The zero-order valence-corrected chi connectivity index (χ0v) is 12.1. The Morgan fingerprint density at radius 1 is 1.21 bits per heavy atom. The molecule has 0 bridgehead atoms. The molecule has 0 rings (SSSR count). The van der Waals surface area contributed by atoms with Gasteiger partial charge in [-0.05, 0) is 18.3 Å². The zero-order chi connectivity index (χ0) is 11.0. The van der Waals surface area contributed by atoms with E-state index in [4.69, 9.17) is 4.43 Å². The van der Waals surface area contributed by atoms with Gasteiger partial charge in [0.1, 0.15) is 0 Å². The SMILES string of the molecule is CCC(CC)(CC)CCCC(=O)O[SiH3]. The maximum absolute atomic E-state index is 11.0. The van der Waals surface area contributed by atoms with Gasteiger partial charge in [0.25, 0.3) is 5.97 Å². The molecule has 0 radical (unpaired) electrons. The van der Waals surface area contributed by atoms with Crippen molar-refractivity contribution in [3.05, 3.63) is 0 Å². The number of hydrogen-bond acceptors (Lipinski definition) is 2. The van der Waals surface area contributed by atoms with Gasteiger partial charge in [0, 0.05) is 6.42 Å². The molecule has 0 aromatic rings. The molecule has 0 spiro atoms. The van der Waals surface area contributed by atoms with E-state index in [1.165, 1.54) is 19.3 Å². The maximum atomic E-state index is 11.0. The van der Waals surface area contributed by atoms with Gasteiger partial charge in [0.05, 0.1) is 0 Å². The Bertz CT molecular complexity index is 156. The van der Waals surface area contributed by atoms with Crippen LogP contribution in [-0.2, 0) is 9.22 Å². The quantitative estimate of drug-likeness (QED) is 0.610. The van der Waals surface area contributed by atoms with Crippen molar-refractivity contribution < 1.29 is 9.22 Å². The summed E-state index contributed by atoms with van der Waals surface area (Å²) in [4.78, 5) is 11.0. The molecule has 0 N–H and O–H groups in total. The molecular weight excluding hydrogens is 192 g/mol. The highest BCUT2D eigenvalue weighted by Crippen LogP contribution is 2.35. The van der Waals surface area contributed by atoms with Crippen LogP contribution in [0.15, 0.2) is 0 Å². The summed E-state index contributed by atoms with van der Waals surface area (Å²) >= 11 is 0. The predicted molar refractivity (Wildman–Crippen MR) is 63.2 cm³/mol. The molecule has 3 heteroatoms. The minimum Gasteiger partial charge on any atom is -0.529 e. The van der Waals surface area contributed by atoms with E-state index in [1.807, 2.05) is 0 Å². The van der Waals surface area contributed by atoms with E-state index in [2.05, 4.69) is 20.8 Å². The molecule has 0 heterocycles. The fourth-order valence-electron chi connectivity index (χ4n) is 1.99. The minimum atomic E-state index is -0.0196. The average Bonchev–Trinajstić information content (AvgIpc) is 2.25. The highest BCUT2D eigenvalue weighted by molar-refractivity contribution is 6.05. The second-order valence-electron chi connectivity index (χ2n) is 3.99. The van der Waals surface area contributed by atoms with Gasteiger partial charge >= 0.3 is 0 Å². The Morgan fingerprint density at radius 3 is 2.07 bits per heavy atom. The van der Waals surface area contributed by atoms with Crippen LogP contribution in [0.4, 0.5) is 0 Å². The Morgan fingerprint density at radius 2 is 1.71 bits per heavy atom. The van der Waals surface area contributed by atoms with Gasteiger partial charge in [-0.1, -0.05) is 40.0 Å². The summed E-state index contributed by atoms with van der Waals surface area (Å²) in [7, 11) is 0.532. The van der Waals surface area contributed by atoms with Crippen LogP contribution in [0.5, 0.6) is 0 Å². The lowest BCUT2D eigenvalue weighted by atomic mass is 9.76. The van der Waals surface area contributed by atoms with Crippen LogP contribution in [0.2, 0.25) is 0 Å². The van der Waals surface area contributed by atoms with Crippen LogP contribution in [-0.4, -0.2) is 16.5 Å². The van der Waals surface area contributed by atoms with Crippen molar-refractivity contribution in [2.75, 3.05) is 0 Å². The van der Waals surface area contributed by atoms with E-state index >= 15 is 0 Å². The first-order valence-corrected chi connectivity index (χ1v) is 6.52. The largest absolute Gasteiger partial charge is 0.529 e. The van der Waals surface area contributed by atoms with E-state index < -0.39 is 0 Å². The first-order valence-electron chi connectivity index (χ1n) is 5.71. The molecule has 0 saturated heterocycles. The summed E-state index contributed by atoms with van der Waals surface area (Å²) in [5.41, 5.74) is 0.464. The summed E-state index contributed by atoms with van der Waals surface area (Å²) in [6.45, 7) is 6.74. The molecule has 14 heavy (non-hydrogen) atoms. The molecule has 0 amide bonds. The van der Waals surface area contributed by atoms with Crippen LogP contribution >= 0.6 is 0 Å². The number of hydrogen-bond donors (Lipinski definition) is 0. The van der Waals surface area contributed by atoms with Gasteiger partial charge in [0.15, 0.2) is 0 Å². The van der Waals surface area contributed by atoms with Crippen molar-refractivity contribution in [1.29, 1.82) is 0 Å². The molecule has 0 aromatic carbocycles. The monoisotopic (exact) mass is 216 g/mol. The molecule has 0 fully saturated rings. The number of rotatable bonds is 7. The van der Waals surface area contributed by atoms with E-state index in [-0.39, 0.29) is 5.97 Å². The summed E-state index contributed by atoms with van der Waals surface area (Å²) in [5, 5.41) is 0. The molecule has 0 aromatic heterocycles. The van der Waals surface area contributed by atoms with Crippen molar-refractivity contribution in [2.45, 2.75) is 59.3 Å². The maximum Gasteiger partial charge on any atom is 0.291 e. The van der Waals surface area contributed by atoms with Crippen molar-refractivity contribution in [3.8, 4) is 0 Å². The van der Waals surface area contributed by atoms with Crippen molar-refractivity contribution in [3.63, 3.8) is 0 Å². The first kappa shape index (κ1) is 13.7. The molecule has 0 aliphatic carbocycles. The highest BCUT2D eigenvalue weighted by Gasteiger charge is 2.23. The second-order valence-corrected chi connectivity index (χ2v) is 4.40. The lowest BCUT2D eigenvalue weighted by molar-refractivity contribution is -0.134. The van der Waals surface area contributed by atoms with Crippen LogP contribution in [0.25, 0.3) is 0 Å². The second kappa shape index (κ2) is 7.04. The Labute approximate surface area is 91.0 Å². The fraction of sp³-hybridized carbons (Fsp3) is 0.909. The molecule has 0 atom stereocenters. The topological polar surface area (TPSA) is 26.3 Å². The zero-order valence-electron chi connectivity index (χ0n) is 10.1. The van der Waals surface area contributed by atoms with Crippen LogP contribution in [0, 0.1) is 5.41 Å². The smallest absolute Gasteiger partial charge is 0.291 e. The van der Waals surface area contributed by atoms with Crippen LogP contribution in [0.3, 0.4) is 0 Å². The number of carbonyl (C=O) groups is 1. The van der Waals surface area contributed by atoms with Gasteiger partial charge in [-0.2, -0.15) is 0 Å². The van der Waals surface area contributed by atoms with E-state index in [1.54, 1.807) is 0 Å². The summed E-state index contributed by atoms with van der Waals surface area (Å²) in [6.07, 6.45) is 6.40. The average molecular weight is 216 g/mol. The van der Waals surface area contributed by atoms with E-state index in [9.17, 15) is 4.79 Å². The van der Waals surface area contributed by atoms with Crippen molar-refractivity contribution in [2.24, 2.45) is 5.41 Å². The third kappa shape index (κ3) is 4.27. The van der Waals surface area contributed by atoms with Crippen molar-refractivity contribution >= 4 is 16.5 Å². The van der Waals surface area contributed by atoms with Crippen LogP contribution < -0.4 is 0 Å². The van der Waals surface area contributed by atoms with E-state index in [0.29, 0.717) is 22.3 Å². The number of carbonyl (C=O) groups excluding carboxylic acids is 1. The highest BCUT2D eigenvalue weighted by atomic mass is 28.2. The van der Waals surface area contributed by atoms with Crippen molar-refractivity contribution in [1.82, 2.24) is 0 Å². The minimum absolute atomic E-state index is 0.0196. The van der Waals surface area contributed by atoms with Gasteiger partial charge in [-0.15, -0.1) is 0 Å². The summed E-state index contributed by atoms with van der Waals surface area (Å²) in [6, 6.07) is 0. The lowest BCUT2D eigenvalue weighted by Crippen LogP contribution is -2.18. The molecule has 0 aliphatic rings. The first-order chi connectivity index (χ1) is 6.64. The van der Waals surface area contributed by atoms with Gasteiger partial charge in [-0.3, -0.25) is 4.79 Å². The Kier molecular flexibility index (Phi) is 6.88. The van der Waals surface area contributed by atoms with Gasteiger partial charge < -0.3 is 4.43 Å². The Hall–Kier alpha value is -0.313. The third-order valence-corrected chi connectivity index (χ3v) is 4.02. The lowest BCUT2D eigenvalue weighted by Gasteiger charge is -2.30. The molecule has 0 unspecified atom stereocenters. The standard InChI is InChI=1S/C11H24O2Si/c1-4-11(5-2,6-3)9-7-8-10(12)13-14/h4-9H2,1-3,14H3. The third-order valence-electron chi connectivity index (χ3n) is 3.57. The van der Waals surface area contributed by atoms with Gasteiger partial charge in [-0.25, -0.2) is 0 Å². The molecule has 2 nitrogen and oxygen atoms in total. The summed E-state index contributed by atoms with van der Waals surface area (Å²) < 4.78 is 4.77. The van der Waals surface area contributed by atoms with Crippen LogP contribution in [0.1, 0.15) is 59.3 Å². The van der Waals surface area contributed by atoms with E-state index in [0.717, 1.165) is 12.8 Å². The fourth-order valence-corrected chi connectivity index (χ4v) is 2.19. The summed E-state index contributed by atoms with van der Waals surface area (Å²) in [5.74, 6) is -0.0196. The molecule has 84 valence electrons. The predicted octanol–water partition coefficient (Wildman–Crippen LogP) is 2.20. The molecule has 0 saturated carbocycles.